The fourth-order valence-corrected chi connectivity index (χ4v) is 2.07. The van der Waals surface area contributed by atoms with E-state index in [1.54, 1.807) is 0 Å². The van der Waals surface area contributed by atoms with Gasteiger partial charge in [0.25, 0.3) is 0 Å². The fourth-order valence-electron chi connectivity index (χ4n) is 2.07. The third kappa shape index (κ3) is 1.54. The molecule has 0 aliphatic carbocycles. The van der Waals surface area contributed by atoms with Crippen LogP contribution in [0, 0.1) is 6.92 Å². The number of hydrogen-bond acceptors (Lipinski definition) is 1. The molecule has 1 heterocycles. The summed E-state index contributed by atoms with van der Waals surface area (Å²) < 4.78 is 0. The minimum absolute atomic E-state index is 0.992. The zero-order valence-corrected chi connectivity index (χ0v) is 8.98. The molecule has 0 aromatic heterocycles. The van der Waals surface area contributed by atoms with E-state index < -0.39 is 0 Å². The SMILES string of the molecule is C=C1Cc2cc(CCC)c(C)cc2N1. The molecule has 0 atom stereocenters. The lowest BCUT2D eigenvalue weighted by molar-refractivity contribution is 0.911. The van der Waals surface area contributed by atoms with Crippen molar-refractivity contribution in [1.82, 2.24) is 0 Å². The van der Waals surface area contributed by atoms with Gasteiger partial charge in [-0.25, -0.2) is 0 Å². The van der Waals surface area contributed by atoms with Crippen molar-refractivity contribution in [2.75, 3.05) is 5.32 Å². The van der Waals surface area contributed by atoms with Crippen molar-refractivity contribution in [1.29, 1.82) is 0 Å². The average molecular weight is 187 g/mol. The van der Waals surface area contributed by atoms with Crippen LogP contribution in [0.15, 0.2) is 24.4 Å². The highest BCUT2D eigenvalue weighted by molar-refractivity contribution is 5.64. The molecule has 74 valence electrons. The van der Waals surface area contributed by atoms with Crippen LogP contribution >= 0.6 is 0 Å². The van der Waals surface area contributed by atoms with Crippen molar-refractivity contribution >= 4 is 5.69 Å². The normalized spacial score (nSPS) is 14.0. The van der Waals surface area contributed by atoms with Gasteiger partial charge in [-0.3, -0.25) is 0 Å². The first-order valence-corrected chi connectivity index (χ1v) is 5.28. The number of allylic oxidation sites excluding steroid dienone is 1. The predicted molar refractivity (Wildman–Crippen MR) is 61.6 cm³/mol. The highest BCUT2D eigenvalue weighted by atomic mass is 14.9. The van der Waals surface area contributed by atoms with E-state index in [0.29, 0.717) is 0 Å². The molecule has 1 aliphatic rings. The molecule has 0 unspecified atom stereocenters. The van der Waals surface area contributed by atoms with Gasteiger partial charge in [0, 0.05) is 17.8 Å². The number of benzene rings is 1. The Labute approximate surface area is 85.8 Å². The molecule has 1 nitrogen and oxygen atoms in total. The van der Waals surface area contributed by atoms with Crippen LogP contribution in [-0.4, -0.2) is 0 Å². The second-order valence-corrected chi connectivity index (χ2v) is 4.09. The number of rotatable bonds is 2. The number of aryl methyl sites for hydroxylation is 2. The van der Waals surface area contributed by atoms with Gasteiger partial charge in [-0.2, -0.15) is 0 Å². The van der Waals surface area contributed by atoms with E-state index >= 15 is 0 Å². The summed E-state index contributed by atoms with van der Waals surface area (Å²) in [6, 6.07) is 4.58. The molecule has 1 aromatic rings. The topological polar surface area (TPSA) is 12.0 Å². The van der Waals surface area contributed by atoms with Crippen LogP contribution in [0.4, 0.5) is 5.69 Å². The summed E-state index contributed by atoms with van der Waals surface area (Å²) in [4.78, 5) is 0. The minimum atomic E-state index is 0.992. The van der Waals surface area contributed by atoms with Crippen molar-refractivity contribution in [2.45, 2.75) is 33.1 Å². The molecular formula is C13H17N. The lowest BCUT2D eigenvalue weighted by Gasteiger charge is -2.07. The average Bonchev–Trinajstić information content (AvgIpc) is 2.45. The van der Waals surface area contributed by atoms with Crippen LogP contribution in [0.2, 0.25) is 0 Å². The molecule has 0 amide bonds. The lowest BCUT2D eigenvalue weighted by Crippen LogP contribution is -1.92. The zero-order chi connectivity index (χ0) is 10.1. The van der Waals surface area contributed by atoms with E-state index in [4.69, 9.17) is 0 Å². The number of hydrogen-bond donors (Lipinski definition) is 1. The smallest absolute Gasteiger partial charge is 0.0421 e. The van der Waals surface area contributed by atoms with Gasteiger partial charge in [0.05, 0.1) is 0 Å². The first kappa shape index (κ1) is 9.32. The maximum atomic E-state index is 3.96. The van der Waals surface area contributed by atoms with Gasteiger partial charge < -0.3 is 5.32 Å². The summed E-state index contributed by atoms with van der Waals surface area (Å²) in [7, 11) is 0. The van der Waals surface area contributed by atoms with E-state index in [1.165, 1.54) is 35.2 Å². The largest absolute Gasteiger partial charge is 0.359 e. The number of anilines is 1. The minimum Gasteiger partial charge on any atom is -0.359 e. The third-order valence-corrected chi connectivity index (χ3v) is 2.80. The van der Waals surface area contributed by atoms with Gasteiger partial charge in [0.2, 0.25) is 0 Å². The monoisotopic (exact) mass is 187 g/mol. The van der Waals surface area contributed by atoms with E-state index in [-0.39, 0.29) is 0 Å². The summed E-state index contributed by atoms with van der Waals surface area (Å²) in [6.45, 7) is 8.38. The van der Waals surface area contributed by atoms with Gasteiger partial charge in [-0.05, 0) is 36.1 Å². The molecule has 0 fully saturated rings. The number of nitrogens with one attached hydrogen (secondary N) is 1. The Morgan fingerprint density at radius 1 is 1.43 bits per heavy atom. The molecule has 1 heteroatoms. The van der Waals surface area contributed by atoms with Gasteiger partial charge >= 0.3 is 0 Å². The molecule has 0 saturated carbocycles. The van der Waals surface area contributed by atoms with Crippen LogP contribution in [0.25, 0.3) is 0 Å². The van der Waals surface area contributed by atoms with Gasteiger partial charge in [-0.1, -0.05) is 26.0 Å². The first-order valence-electron chi connectivity index (χ1n) is 5.28. The maximum absolute atomic E-state index is 3.96. The Balaban J connectivity index is 2.39. The second kappa shape index (κ2) is 3.49. The van der Waals surface area contributed by atoms with Crippen molar-refractivity contribution in [3.05, 3.63) is 41.1 Å². The maximum Gasteiger partial charge on any atom is 0.0421 e. The van der Waals surface area contributed by atoms with Crippen molar-refractivity contribution in [2.24, 2.45) is 0 Å². The Bertz CT molecular complexity index is 377. The predicted octanol–water partition coefficient (Wildman–Crippen LogP) is 3.43. The van der Waals surface area contributed by atoms with Crippen molar-refractivity contribution in [3.8, 4) is 0 Å². The summed E-state index contributed by atoms with van der Waals surface area (Å²) in [5.41, 5.74) is 6.67. The van der Waals surface area contributed by atoms with Crippen LogP contribution in [0.5, 0.6) is 0 Å². The summed E-state index contributed by atoms with van der Waals surface area (Å²) >= 11 is 0. The summed E-state index contributed by atoms with van der Waals surface area (Å²) in [5.74, 6) is 0. The summed E-state index contributed by atoms with van der Waals surface area (Å²) in [5, 5.41) is 3.31. The standard InChI is InChI=1S/C13H17N/c1-4-5-11-8-12-7-10(3)14-13(12)6-9(11)2/h6,8,14H,3-5,7H2,1-2H3. The molecule has 14 heavy (non-hydrogen) atoms. The molecule has 0 bridgehead atoms. The van der Waals surface area contributed by atoms with Crippen LogP contribution < -0.4 is 5.32 Å². The Morgan fingerprint density at radius 2 is 2.21 bits per heavy atom. The zero-order valence-electron chi connectivity index (χ0n) is 8.98. The Hall–Kier alpha value is -1.24. The third-order valence-electron chi connectivity index (χ3n) is 2.80. The van der Waals surface area contributed by atoms with Crippen LogP contribution in [-0.2, 0) is 12.8 Å². The Morgan fingerprint density at radius 3 is 2.93 bits per heavy atom. The van der Waals surface area contributed by atoms with Gasteiger partial charge in [0.15, 0.2) is 0 Å². The molecule has 1 aromatic carbocycles. The second-order valence-electron chi connectivity index (χ2n) is 4.09. The number of fused-ring (bicyclic) bond motifs is 1. The molecule has 1 aliphatic heterocycles. The van der Waals surface area contributed by atoms with E-state index in [1.807, 2.05) is 0 Å². The van der Waals surface area contributed by atoms with Gasteiger partial charge in [0.1, 0.15) is 0 Å². The first-order chi connectivity index (χ1) is 6.70. The highest BCUT2D eigenvalue weighted by Gasteiger charge is 2.14. The molecule has 2 rings (SSSR count). The van der Waals surface area contributed by atoms with Gasteiger partial charge in [-0.15, -0.1) is 0 Å². The van der Waals surface area contributed by atoms with Crippen molar-refractivity contribution < 1.29 is 0 Å². The summed E-state index contributed by atoms with van der Waals surface area (Å²) in [6.07, 6.45) is 3.39. The van der Waals surface area contributed by atoms with E-state index in [2.05, 4.69) is 37.9 Å². The lowest BCUT2D eigenvalue weighted by atomic mass is 9.99. The molecule has 0 saturated heterocycles. The fraction of sp³-hybridized carbons (Fsp3) is 0.385. The molecular weight excluding hydrogens is 170 g/mol. The van der Waals surface area contributed by atoms with E-state index in [0.717, 1.165) is 12.1 Å². The Kier molecular flexibility index (Phi) is 2.32. The van der Waals surface area contributed by atoms with Crippen LogP contribution in [0.3, 0.4) is 0 Å². The molecule has 0 spiro atoms. The van der Waals surface area contributed by atoms with E-state index in [9.17, 15) is 0 Å². The molecule has 1 N–H and O–H groups in total. The molecule has 0 radical (unpaired) electrons. The van der Waals surface area contributed by atoms with Crippen molar-refractivity contribution in [3.63, 3.8) is 0 Å². The quantitative estimate of drug-likeness (QED) is 0.748. The highest BCUT2D eigenvalue weighted by Crippen LogP contribution is 2.30. The van der Waals surface area contributed by atoms with Crippen LogP contribution in [0.1, 0.15) is 30.0 Å².